The number of H-pyrrole nitrogens is 1. The fourth-order valence-electron chi connectivity index (χ4n) is 3.04. The predicted molar refractivity (Wildman–Crippen MR) is 92.7 cm³/mol. The zero-order valence-electron chi connectivity index (χ0n) is 14.5. The Morgan fingerprint density at radius 3 is 2.56 bits per heavy atom. The van der Waals surface area contributed by atoms with Gasteiger partial charge in [0.2, 0.25) is 5.75 Å². The zero-order valence-corrected chi connectivity index (χ0v) is 14.5. The van der Waals surface area contributed by atoms with Gasteiger partial charge >= 0.3 is 6.03 Å². The Morgan fingerprint density at radius 1 is 1.20 bits per heavy atom. The number of fused-ring (bicyclic) bond motifs is 1. The monoisotopic (exact) mass is 346 g/mol. The first-order valence-electron chi connectivity index (χ1n) is 8.03. The fourth-order valence-corrected chi connectivity index (χ4v) is 3.04. The highest BCUT2D eigenvalue weighted by Gasteiger charge is 2.22. The smallest absolute Gasteiger partial charge is 0.319 e. The summed E-state index contributed by atoms with van der Waals surface area (Å²) in [6, 6.07) is 3.17. The number of ether oxygens (including phenoxy) is 3. The van der Waals surface area contributed by atoms with Crippen molar-refractivity contribution in [3.8, 4) is 17.2 Å². The van der Waals surface area contributed by atoms with E-state index in [1.54, 1.807) is 12.1 Å². The number of carbonyl (C=O) groups is 1. The van der Waals surface area contributed by atoms with E-state index in [9.17, 15) is 4.79 Å². The lowest BCUT2D eigenvalue weighted by Gasteiger charge is -2.23. The largest absolute Gasteiger partial charge is 0.493 e. The van der Waals surface area contributed by atoms with Gasteiger partial charge in [0.25, 0.3) is 0 Å². The van der Waals surface area contributed by atoms with Gasteiger partial charge in [-0.1, -0.05) is 0 Å². The van der Waals surface area contributed by atoms with Crippen LogP contribution in [0.4, 0.5) is 10.5 Å². The number of benzene rings is 1. The van der Waals surface area contributed by atoms with Gasteiger partial charge in [0.05, 0.1) is 33.2 Å². The van der Waals surface area contributed by atoms with Gasteiger partial charge in [0.15, 0.2) is 11.5 Å². The number of nitrogens with zero attached hydrogens (tertiary/aromatic N) is 1. The summed E-state index contributed by atoms with van der Waals surface area (Å²) in [4.78, 5) is 12.3. The predicted octanol–water partition coefficient (Wildman–Crippen LogP) is 2.11. The molecule has 8 heteroatoms. The molecule has 0 fully saturated rings. The van der Waals surface area contributed by atoms with Crippen molar-refractivity contribution in [2.24, 2.45) is 0 Å². The summed E-state index contributed by atoms with van der Waals surface area (Å²) in [5.41, 5.74) is 2.87. The number of aromatic amines is 1. The molecule has 1 aromatic carbocycles. The van der Waals surface area contributed by atoms with E-state index in [0.717, 1.165) is 25.0 Å². The van der Waals surface area contributed by atoms with Crippen LogP contribution < -0.4 is 24.8 Å². The molecule has 3 N–H and O–H groups in total. The van der Waals surface area contributed by atoms with Gasteiger partial charge in [-0.15, -0.1) is 0 Å². The summed E-state index contributed by atoms with van der Waals surface area (Å²) in [7, 11) is 4.60. The third-order valence-corrected chi connectivity index (χ3v) is 4.28. The Bertz CT molecular complexity index is 734. The molecule has 0 spiro atoms. The normalized spacial score (nSPS) is 15.9. The molecule has 1 unspecified atom stereocenters. The molecule has 2 amide bonds. The van der Waals surface area contributed by atoms with Gasteiger partial charge in [-0.25, -0.2) is 4.79 Å². The number of amides is 2. The second-order valence-electron chi connectivity index (χ2n) is 5.83. The number of anilines is 1. The number of hydrogen-bond acceptors (Lipinski definition) is 5. The second kappa shape index (κ2) is 7.33. The minimum Gasteiger partial charge on any atom is -0.493 e. The summed E-state index contributed by atoms with van der Waals surface area (Å²) >= 11 is 0. The average molecular weight is 346 g/mol. The first kappa shape index (κ1) is 16.9. The SMILES string of the molecule is COc1cc(NC(=O)NC2CCc3cn[nH]c3C2)cc(OC)c1OC. The van der Waals surface area contributed by atoms with Crippen molar-refractivity contribution in [2.75, 3.05) is 26.6 Å². The Kier molecular flexibility index (Phi) is 4.97. The van der Waals surface area contributed by atoms with Gasteiger partial charge in [-0.2, -0.15) is 5.10 Å². The van der Waals surface area contributed by atoms with Gasteiger partial charge in [-0.05, 0) is 18.4 Å². The summed E-state index contributed by atoms with van der Waals surface area (Å²) in [6.45, 7) is 0. The maximum Gasteiger partial charge on any atom is 0.319 e. The maximum atomic E-state index is 12.3. The highest BCUT2D eigenvalue weighted by Crippen LogP contribution is 2.39. The van der Waals surface area contributed by atoms with Crippen molar-refractivity contribution in [3.63, 3.8) is 0 Å². The molecule has 1 heterocycles. The molecule has 134 valence electrons. The Hall–Kier alpha value is -2.90. The van der Waals surface area contributed by atoms with Crippen molar-refractivity contribution in [2.45, 2.75) is 25.3 Å². The second-order valence-corrected chi connectivity index (χ2v) is 5.83. The quantitative estimate of drug-likeness (QED) is 0.770. The first-order valence-corrected chi connectivity index (χ1v) is 8.03. The van der Waals surface area contributed by atoms with E-state index in [-0.39, 0.29) is 12.1 Å². The van der Waals surface area contributed by atoms with E-state index in [4.69, 9.17) is 14.2 Å². The Balaban J connectivity index is 1.67. The lowest BCUT2D eigenvalue weighted by atomic mass is 9.94. The average Bonchev–Trinajstić information content (AvgIpc) is 3.08. The van der Waals surface area contributed by atoms with Gasteiger partial charge in [0, 0.05) is 30.3 Å². The Labute approximate surface area is 145 Å². The van der Waals surface area contributed by atoms with E-state index in [2.05, 4.69) is 20.8 Å². The van der Waals surface area contributed by atoms with E-state index in [0.29, 0.717) is 22.9 Å². The van der Waals surface area contributed by atoms with Gasteiger partial charge in [-0.3, -0.25) is 5.10 Å². The molecule has 1 aliphatic rings. The van der Waals surface area contributed by atoms with Crippen molar-refractivity contribution in [1.82, 2.24) is 15.5 Å². The number of urea groups is 1. The van der Waals surface area contributed by atoms with E-state index >= 15 is 0 Å². The molecule has 1 aromatic heterocycles. The molecule has 25 heavy (non-hydrogen) atoms. The molecule has 0 saturated carbocycles. The molecule has 1 aliphatic carbocycles. The molecule has 0 radical (unpaired) electrons. The lowest BCUT2D eigenvalue weighted by molar-refractivity contribution is 0.247. The molecule has 1 atom stereocenters. The molecule has 0 aliphatic heterocycles. The molecule has 3 rings (SSSR count). The maximum absolute atomic E-state index is 12.3. The van der Waals surface area contributed by atoms with E-state index in [1.807, 2.05) is 6.20 Å². The van der Waals surface area contributed by atoms with Crippen LogP contribution in [0.5, 0.6) is 17.2 Å². The van der Waals surface area contributed by atoms with Crippen LogP contribution in [0.25, 0.3) is 0 Å². The van der Waals surface area contributed by atoms with Crippen LogP contribution in [0.15, 0.2) is 18.3 Å². The number of aromatic nitrogens is 2. The van der Waals surface area contributed by atoms with Crippen molar-refractivity contribution >= 4 is 11.7 Å². The van der Waals surface area contributed by atoms with Crippen molar-refractivity contribution in [3.05, 3.63) is 29.6 Å². The highest BCUT2D eigenvalue weighted by atomic mass is 16.5. The number of aryl methyl sites for hydroxylation is 1. The first-order chi connectivity index (χ1) is 12.1. The highest BCUT2D eigenvalue weighted by molar-refractivity contribution is 5.90. The number of rotatable bonds is 5. The van der Waals surface area contributed by atoms with E-state index < -0.39 is 0 Å². The van der Waals surface area contributed by atoms with Gasteiger partial charge in [0.1, 0.15) is 0 Å². The minimum atomic E-state index is -0.276. The molecule has 2 aromatic rings. The van der Waals surface area contributed by atoms with Crippen LogP contribution in [0.3, 0.4) is 0 Å². The molecule has 0 saturated heterocycles. The van der Waals surface area contributed by atoms with Crippen molar-refractivity contribution < 1.29 is 19.0 Å². The van der Waals surface area contributed by atoms with Crippen LogP contribution >= 0.6 is 0 Å². The summed E-state index contributed by atoms with van der Waals surface area (Å²) in [6.07, 6.45) is 4.38. The van der Waals surface area contributed by atoms with Crippen LogP contribution in [0, 0.1) is 0 Å². The molecule has 0 bridgehead atoms. The molecular weight excluding hydrogens is 324 g/mol. The number of nitrogens with one attached hydrogen (secondary N) is 3. The number of hydrogen-bond donors (Lipinski definition) is 3. The van der Waals surface area contributed by atoms with Crippen LogP contribution in [-0.2, 0) is 12.8 Å². The van der Waals surface area contributed by atoms with Crippen LogP contribution in [0.1, 0.15) is 17.7 Å². The van der Waals surface area contributed by atoms with E-state index in [1.165, 1.54) is 26.9 Å². The number of methoxy groups -OCH3 is 3. The summed E-state index contributed by atoms with van der Waals surface area (Å²) < 4.78 is 15.9. The Morgan fingerprint density at radius 2 is 1.92 bits per heavy atom. The third-order valence-electron chi connectivity index (χ3n) is 4.28. The fraction of sp³-hybridized carbons (Fsp3) is 0.412. The zero-order chi connectivity index (χ0) is 17.8. The topological polar surface area (TPSA) is 97.5 Å². The molecular formula is C17H22N4O4. The summed E-state index contributed by atoms with van der Waals surface area (Å²) in [5.74, 6) is 1.45. The number of carbonyl (C=O) groups excluding carboxylic acids is 1. The van der Waals surface area contributed by atoms with Crippen LogP contribution in [0.2, 0.25) is 0 Å². The van der Waals surface area contributed by atoms with Crippen molar-refractivity contribution in [1.29, 1.82) is 0 Å². The third kappa shape index (κ3) is 3.62. The lowest BCUT2D eigenvalue weighted by Crippen LogP contribution is -2.41. The standard InChI is InChI=1S/C17H22N4O4/c1-23-14-7-12(8-15(24-2)16(14)25-3)20-17(22)19-11-5-4-10-9-18-21-13(10)6-11/h7-9,11H,4-6H2,1-3H3,(H,18,21)(H2,19,20,22). The van der Waals surface area contributed by atoms with Crippen LogP contribution in [-0.4, -0.2) is 43.6 Å². The molecule has 8 nitrogen and oxygen atoms in total. The van der Waals surface area contributed by atoms with Gasteiger partial charge < -0.3 is 24.8 Å². The minimum absolute atomic E-state index is 0.0648. The summed E-state index contributed by atoms with van der Waals surface area (Å²) in [5, 5.41) is 12.8.